The van der Waals surface area contributed by atoms with Crippen molar-refractivity contribution in [1.29, 1.82) is 0 Å². The Balaban J connectivity index is 1.48. The van der Waals surface area contributed by atoms with Crippen LogP contribution in [0.2, 0.25) is 0 Å². The van der Waals surface area contributed by atoms with Crippen molar-refractivity contribution in [1.82, 2.24) is 14.2 Å². The van der Waals surface area contributed by atoms with E-state index >= 15 is 0 Å². The number of anilines is 1. The van der Waals surface area contributed by atoms with Crippen molar-refractivity contribution in [3.63, 3.8) is 0 Å². The summed E-state index contributed by atoms with van der Waals surface area (Å²) in [4.78, 5) is 13.8. The van der Waals surface area contributed by atoms with Gasteiger partial charge in [-0.05, 0) is 29.8 Å². The third-order valence-corrected chi connectivity index (χ3v) is 3.89. The van der Waals surface area contributed by atoms with Crippen molar-refractivity contribution in [2.24, 2.45) is 5.10 Å². The number of nitrogens with one attached hydrogen (secondary N) is 1. The molecule has 1 aliphatic heterocycles. The highest BCUT2D eigenvalue weighted by Crippen LogP contribution is 2.26. The first-order valence-electron chi connectivity index (χ1n) is 7.61. The van der Waals surface area contributed by atoms with Gasteiger partial charge in [-0.15, -0.1) is 4.37 Å². The van der Waals surface area contributed by atoms with E-state index in [1.165, 1.54) is 18.3 Å². The Hall–Kier alpha value is -2.72. The SMILES string of the molecule is O=C(COc1nsnc1N1CCOCC1)NN=Cc1ccc(O)cc1. The second-order valence-electron chi connectivity index (χ2n) is 5.17. The Morgan fingerprint density at radius 3 is 2.88 bits per heavy atom. The minimum Gasteiger partial charge on any atom is -0.508 e. The van der Waals surface area contributed by atoms with Crippen molar-refractivity contribution >= 4 is 29.7 Å². The predicted octanol–water partition coefficient (Wildman–Crippen LogP) is 0.609. The van der Waals surface area contributed by atoms with Crippen LogP contribution in [0.4, 0.5) is 5.82 Å². The van der Waals surface area contributed by atoms with Gasteiger partial charge in [0.1, 0.15) is 5.75 Å². The van der Waals surface area contributed by atoms with Gasteiger partial charge in [0.2, 0.25) is 5.82 Å². The van der Waals surface area contributed by atoms with Crippen molar-refractivity contribution < 1.29 is 19.4 Å². The molecule has 1 amide bonds. The molecule has 0 unspecified atom stereocenters. The third-order valence-electron chi connectivity index (χ3n) is 3.39. The average Bonchev–Trinajstić information content (AvgIpc) is 3.11. The fraction of sp³-hybridized carbons (Fsp3) is 0.333. The number of amides is 1. The summed E-state index contributed by atoms with van der Waals surface area (Å²) in [6, 6.07) is 6.43. The quantitative estimate of drug-likeness (QED) is 0.572. The molecule has 0 saturated carbocycles. The number of ether oxygens (including phenoxy) is 2. The summed E-state index contributed by atoms with van der Waals surface area (Å²) in [7, 11) is 0. The molecule has 1 aromatic carbocycles. The van der Waals surface area contributed by atoms with Crippen molar-refractivity contribution in [3.8, 4) is 11.6 Å². The van der Waals surface area contributed by atoms with Crippen molar-refractivity contribution in [2.45, 2.75) is 0 Å². The zero-order chi connectivity index (χ0) is 17.5. The Bertz CT molecular complexity index is 728. The minimum absolute atomic E-state index is 0.169. The first kappa shape index (κ1) is 17.1. The number of phenols is 1. The van der Waals surface area contributed by atoms with Gasteiger partial charge in [-0.2, -0.15) is 9.47 Å². The molecular weight excluding hydrogens is 346 g/mol. The van der Waals surface area contributed by atoms with Gasteiger partial charge in [-0.3, -0.25) is 4.79 Å². The number of nitrogens with zero attached hydrogens (tertiary/aromatic N) is 4. The topological polar surface area (TPSA) is 109 Å². The summed E-state index contributed by atoms with van der Waals surface area (Å²) < 4.78 is 19.1. The molecule has 1 aliphatic rings. The molecule has 0 atom stereocenters. The summed E-state index contributed by atoms with van der Waals surface area (Å²) in [6.07, 6.45) is 1.47. The largest absolute Gasteiger partial charge is 0.508 e. The molecule has 25 heavy (non-hydrogen) atoms. The molecule has 1 fully saturated rings. The molecule has 0 bridgehead atoms. The maximum atomic E-state index is 11.8. The Kier molecular flexibility index (Phi) is 5.75. The fourth-order valence-electron chi connectivity index (χ4n) is 2.14. The molecule has 9 nitrogen and oxygen atoms in total. The van der Waals surface area contributed by atoms with Crippen LogP contribution >= 0.6 is 11.7 Å². The number of hydrazone groups is 1. The highest BCUT2D eigenvalue weighted by Gasteiger charge is 2.20. The van der Waals surface area contributed by atoms with Gasteiger partial charge < -0.3 is 19.5 Å². The lowest BCUT2D eigenvalue weighted by molar-refractivity contribution is -0.123. The summed E-state index contributed by atoms with van der Waals surface area (Å²) in [5.74, 6) is 0.733. The molecule has 0 aliphatic carbocycles. The number of carbonyl (C=O) groups excluding carboxylic acids is 1. The smallest absolute Gasteiger partial charge is 0.278 e. The summed E-state index contributed by atoms with van der Waals surface area (Å²) in [5.41, 5.74) is 3.12. The molecule has 132 valence electrons. The van der Waals surface area contributed by atoms with Crippen LogP contribution in [-0.2, 0) is 9.53 Å². The van der Waals surface area contributed by atoms with E-state index in [1.807, 2.05) is 4.90 Å². The standard InChI is InChI=1S/C15H17N5O4S/c21-12-3-1-11(2-4-12)9-16-17-13(22)10-24-15-14(18-25-19-15)20-5-7-23-8-6-20/h1-4,9,21H,5-8,10H2,(H,17,22). The molecule has 10 heteroatoms. The molecule has 2 heterocycles. The van der Waals surface area contributed by atoms with Gasteiger partial charge in [0, 0.05) is 13.1 Å². The van der Waals surface area contributed by atoms with Gasteiger partial charge in [-0.25, -0.2) is 5.43 Å². The normalized spacial score (nSPS) is 14.6. The number of aromatic nitrogens is 2. The first-order chi connectivity index (χ1) is 12.2. The number of hydrogen-bond donors (Lipinski definition) is 2. The van der Waals surface area contributed by atoms with E-state index in [2.05, 4.69) is 19.3 Å². The van der Waals surface area contributed by atoms with Crippen LogP contribution in [0.1, 0.15) is 5.56 Å². The number of benzene rings is 1. The van der Waals surface area contributed by atoms with Crippen LogP contribution in [0, 0.1) is 0 Å². The Morgan fingerprint density at radius 2 is 2.12 bits per heavy atom. The molecule has 0 radical (unpaired) electrons. The van der Waals surface area contributed by atoms with Gasteiger partial charge >= 0.3 is 0 Å². The van der Waals surface area contributed by atoms with Gasteiger partial charge in [0.25, 0.3) is 11.8 Å². The lowest BCUT2D eigenvalue weighted by atomic mass is 10.2. The number of morpholine rings is 1. The predicted molar refractivity (Wildman–Crippen MR) is 92.3 cm³/mol. The first-order valence-corrected chi connectivity index (χ1v) is 8.34. The Morgan fingerprint density at radius 1 is 1.36 bits per heavy atom. The van der Waals surface area contributed by atoms with Crippen LogP contribution in [0.5, 0.6) is 11.6 Å². The van der Waals surface area contributed by atoms with Gasteiger partial charge in [0.05, 0.1) is 31.2 Å². The van der Waals surface area contributed by atoms with E-state index in [-0.39, 0.29) is 12.4 Å². The molecule has 1 saturated heterocycles. The maximum absolute atomic E-state index is 11.8. The lowest BCUT2D eigenvalue weighted by Crippen LogP contribution is -2.36. The second-order valence-corrected chi connectivity index (χ2v) is 5.69. The monoisotopic (exact) mass is 363 g/mol. The van der Waals surface area contributed by atoms with E-state index in [0.29, 0.717) is 38.0 Å². The summed E-state index contributed by atoms with van der Waals surface area (Å²) in [5, 5.41) is 13.0. The van der Waals surface area contributed by atoms with E-state index in [0.717, 1.165) is 17.3 Å². The molecule has 2 N–H and O–H groups in total. The van der Waals surface area contributed by atoms with Crippen LogP contribution < -0.4 is 15.1 Å². The molecule has 0 spiro atoms. The molecule has 2 aromatic rings. The number of rotatable bonds is 6. The zero-order valence-corrected chi connectivity index (χ0v) is 14.1. The highest BCUT2D eigenvalue weighted by atomic mass is 32.1. The molecule has 1 aromatic heterocycles. The Labute approximate surface area is 148 Å². The van der Waals surface area contributed by atoms with Crippen molar-refractivity contribution in [3.05, 3.63) is 29.8 Å². The van der Waals surface area contributed by atoms with E-state index in [9.17, 15) is 9.90 Å². The van der Waals surface area contributed by atoms with Gasteiger partial charge in [0.15, 0.2) is 6.61 Å². The van der Waals surface area contributed by atoms with E-state index in [4.69, 9.17) is 9.47 Å². The molecular formula is C15H17N5O4S. The number of carbonyl (C=O) groups is 1. The minimum atomic E-state index is -0.407. The van der Waals surface area contributed by atoms with Gasteiger partial charge in [-0.1, -0.05) is 0 Å². The van der Waals surface area contributed by atoms with Crippen LogP contribution in [-0.4, -0.2) is 58.9 Å². The maximum Gasteiger partial charge on any atom is 0.278 e. The van der Waals surface area contributed by atoms with Crippen LogP contribution in [0.3, 0.4) is 0 Å². The van der Waals surface area contributed by atoms with Crippen molar-refractivity contribution in [2.75, 3.05) is 37.8 Å². The van der Waals surface area contributed by atoms with Crippen LogP contribution in [0.25, 0.3) is 0 Å². The average molecular weight is 363 g/mol. The van der Waals surface area contributed by atoms with E-state index in [1.54, 1.807) is 12.1 Å². The third kappa shape index (κ3) is 4.88. The lowest BCUT2D eigenvalue weighted by Gasteiger charge is -2.26. The van der Waals surface area contributed by atoms with E-state index < -0.39 is 5.91 Å². The summed E-state index contributed by atoms with van der Waals surface area (Å²) >= 11 is 1.04. The fourth-order valence-corrected chi connectivity index (χ4v) is 2.66. The second kappa shape index (κ2) is 8.40. The number of aromatic hydroxyl groups is 1. The number of hydrogen-bond acceptors (Lipinski definition) is 9. The van der Waals surface area contributed by atoms with Crippen LogP contribution in [0.15, 0.2) is 29.4 Å². The molecule has 3 rings (SSSR count). The highest BCUT2D eigenvalue weighted by molar-refractivity contribution is 6.99. The number of phenolic OH excluding ortho intramolecular Hbond substituents is 1. The zero-order valence-electron chi connectivity index (χ0n) is 13.3. The summed E-state index contributed by atoms with van der Waals surface area (Å²) in [6.45, 7) is 2.47.